The number of H-pyrrole nitrogens is 1. The van der Waals surface area contributed by atoms with E-state index in [1.165, 1.54) is 32.0 Å². The van der Waals surface area contributed by atoms with E-state index in [1.807, 2.05) is 0 Å². The van der Waals surface area contributed by atoms with Crippen molar-refractivity contribution >= 4 is 17.4 Å². The van der Waals surface area contributed by atoms with Gasteiger partial charge in [-0.05, 0) is 13.3 Å². The Hall–Kier alpha value is -1.03. The third-order valence-corrected chi connectivity index (χ3v) is 3.02. The Bertz CT molecular complexity index is 392. The average molecular weight is 258 g/mol. The van der Waals surface area contributed by atoms with Crippen LogP contribution in [0.15, 0.2) is 11.1 Å². The van der Waals surface area contributed by atoms with E-state index in [0.717, 1.165) is 6.42 Å². The van der Waals surface area contributed by atoms with Gasteiger partial charge in [0.2, 0.25) is 0 Å². The summed E-state index contributed by atoms with van der Waals surface area (Å²) >= 11 is 5.85. The lowest BCUT2D eigenvalue weighted by Gasteiger charge is -2.14. The first kappa shape index (κ1) is 14.0. The molecule has 0 amide bonds. The first-order chi connectivity index (χ1) is 8.15. The predicted octanol–water partition coefficient (Wildman–Crippen LogP) is 3.19. The molecule has 17 heavy (non-hydrogen) atoms. The Balaban J connectivity index is 2.42. The van der Waals surface area contributed by atoms with Crippen molar-refractivity contribution in [3.63, 3.8) is 0 Å². The molecule has 0 aliphatic carbocycles. The lowest BCUT2D eigenvalue weighted by molar-refractivity contribution is 0.593. The van der Waals surface area contributed by atoms with Crippen LogP contribution in [0.4, 0.5) is 5.82 Å². The van der Waals surface area contributed by atoms with Crippen LogP contribution < -0.4 is 10.9 Å². The van der Waals surface area contributed by atoms with E-state index in [1.54, 1.807) is 0 Å². The fraction of sp³-hybridized carbons (Fsp3) is 0.667. The summed E-state index contributed by atoms with van der Waals surface area (Å²) in [6, 6.07) is 0.277. The van der Waals surface area contributed by atoms with Gasteiger partial charge in [0, 0.05) is 6.04 Å². The molecule has 96 valence electrons. The number of hydrogen-bond donors (Lipinski definition) is 2. The number of aromatic nitrogens is 2. The highest BCUT2D eigenvalue weighted by molar-refractivity contribution is 6.32. The zero-order valence-corrected chi connectivity index (χ0v) is 11.2. The van der Waals surface area contributed by atoms with Crippen molar-refractivity contribution < 1.29 is 0 Å². The number of nitrogens with zero attached hydrogens (tertiary/aromatic N) is 1. The van der Waals surface area contributed by atoms with Gasteiger partial charge >= 0.3 is 0 Å². The van der Waals surface area contributed by atoms with E-state index in [4.69, 9.17) is 11.6 Å². The van der Waals surface area contributed by atoms with Crippen LogP contribution in [0.1, 0.15) is 46.0 Å². The highest BCUT2D eigenvalue weighted by Crippen LogP contribution is 2.15. The fourth-order valence-corrected chi connectivity index (χ4v) is 1.82. The molecule has 0 saturated heterocycles. The molecule has 0 saturated carbocycles. The third-order valence-electron chi connectivity index (χ3n) is 2.67. The number of nitrogens with one attached hydrogen (secondary N) is 2. The number of hydrogen-bond acceptors (Lipinski definition) is 3. The molecule has 0 fully saturated rings. The van der Waals surface area contributed by atoms with Crippen LogP contribution in [0, 0.1) is 0 Å². The van der Waals surface area contributed by atoms with E-state index in [2.05, 4.69) is 29.1 Å². The number of rotatable bonds is 7. The Morgan fingerprint density at radius 3 is 2.94 bits per heavy atom. The van der Waals surface area contributed by atoms with Crippen molar-refractivity contribution in [2.75, 3.05) is 5.32 Å². The molecule has 0 aliphatic heterocycles. The van der Waals surface area contributed by atoms with Crippen molar-refractivity contribution in [3.8, 4) is 0 Å². The van der Waals surface area contributed by atoms with E-state index >= 15 is 0 Å². The van der Waals surface area contributed by atoms with Gasteiger partial charge in [-0.2, -0.15) is 0 Å². The molecular weight excluding hydrogens is 238 g/mol. The number of unbranched alkanes of at least 4 members (excludes halogenated alkanes) is 3. The molecule has 4 nitrogen and oxygen atoms in total. The van der Waals surface area contributed by atoms with Crippen LogP contribution in [0.5, 0.6) is 0 Å². The van der Waals surface area contributed by atoms with Crippen LogP contribution >= 0.6 is 11.6 Å². The monoisotopic (exact) mass is 257 g/mol. The van der Waals surface area contributed by atoms with Crippen LogP contribution in [-0.4, -0.2) is 16.0 Å². The summed E-state index contributed by atoms with van der Waals surface area (Å²) < 4.78 is 0. The van der Waals surface area contributed by atoms with E-state index in [-0.39, 0.29) is 16.6 Å². The van der Waals surface area contributed by atoms with Crippen molar-refractivity contribution in [1.82, 2.24) is 9.97 Å². The highest BCUT2D eigenvalue weighted by Gasteiger charge is 2.08. The summed E-state index contributed by atoms with van der Waals surface area (Å²) in [7, 11) is 0. The second kappa shape index (κ2) is 7.33. The van der Waals surface area contributed by atoms with Crippen LogP contribution in [-0.2, 0) is 0 Å². The molecule has 1 atom stereocenters. The quantitative estimate of drug-likeness (QED) is 0.738. The number of aromatic amines is 1. The SMILES string of the molecule is CCCCCCC(C)Nc1nc[nH]c(=O)c1Cl. The molecule has 1 rings (SSSR count). The zero-order valence-electron chi connectivity index (χ0n) is 10.4. The maximum Gasteiger partial charge on any atom is 0.271 e. The highest BCUT2D eigenvalue weighted by atomic mass is 35.5. The summed E-state index contributed by atoms with van der Waals surface area (Å²) in [5, 5.41) is 3.30. The van der Waals surface area contributed by atoms with Gasteiger partial charge in [-0.25, -0.2) is 4.98 Å². The molecule has 5 heteroatoms. The lowest BCUT2D eigenvalue weighted by atomic mass is 10.1. The first-order valence-electron chi connectivity index (χ1n) is 6.14. The smallest absolute Gasteiger partial charge is 0.271 e. The Morgan fingerprint density at radius 2 is 2.24 bits per heavy atom. The van der Waals surface area contributed by atoms with E-state index < -0.39 is 0 Å². The van der Waals surface area contributed by atoms with Crippen LogP contribution in [0.2, 0.25) is 5.02 Å². The second-order valence-electron chi connectivity index (χ2n) is 4.29. The Morgan fingerprint density at radius 1 is 1.47 bits per heavy atom. The summed E-state index contributed by atoms with van der Waals surface area (Å²) in [5.41, 5.74) is -0.303. The topological polar surface area (TPSA) is 57.8 Å². The normalized spacial score (nSPS) is 12.4. The molecule has 0 radical (unpaired) electrons. The van der Waals surface area contributed by atoms with Gasteiger partial charge in [0.15, 0.2) is 5.82 Å². The molecule has 1 unspecified atom stereocenters. The summed E-state index contributed by atoms with van der Waals surface area (Å²) in [4.78, 5) is 17.7. The molecular formula is C12H20ClN3O. The van der Waals surface area contributed by atoms with Crippen LogP contribution in [0.3, 0.4) is 0 Å². The molecule has 0 aromatic carbocycles. The largest absolute Gasteiger partial charge is 0.366 e. The van der Waals surface area contributed by atoms with Crippen LogP contribution in [0.25, 0.3) is 0 Å². The first-order valence-corrected chi connectivity index (χ1v) is 6.52. The maximum absolute atomic E-state index is 11.3. The minimum absolute atomic E-state index is 0.132. The van der Waals surface area contributed by atoms with Gasteiger partial charge in [-0.3, -0.25) is 4.79 Å². The summed E-state index contributed by atoms with van der Waals surface area (Å²) in [6.07, 6.45) is 7.37. The molecule has 1 aromatic rings. The van der Waals surface area contributed by atoms with E-state index in [9.17, 15) is 4.79 Å². The van der Waals surface area contributed by atoms with Crippen molar-refractivity contribution in [2.24, 2.45) is 0 Å². The summed E-state index contributed by atoms with van der Waals surface area (Å²) in [6.45, 7) is 4.27. The number of anilines is 1. The third kappa shape index (κ3) is 4.77. The lowest BCUT2D eigenvalue weighted by Crippen LogP contribution is -2.19. The average Bonchev–Trinajstić information content (AvgIpc) is 2.31. The summed E-state index contributed by atoms with van der Waals surface area (Å²) in [5.74, 6) is 0.471. The van der Waals surface area contributed by atoms with E-state index in [0.29, 0.717) is 5.82 Å². The predicted molar refractivity (Wildman–Crippen MR) is 71.7 cm³/mol. The van der Waals surface area contributed by atoms with Crippen molar-refractivity contribution in [1.29, 1.82) is 0 Å². The molecule has 0 bridgehead atoms. The minimum atomic E-state index is -0.303. The molecule has 2 N–H and O–H groups in total. The van der Waals surface area contributed by atoms with Gasteiger partial charge < -0.3 is 10.3 Å². The standard InChI is InChI=1S/C12H20ClN3O/c1-3-4-5-6-7-9(2)16-11-10(13)12(17)15-8-14-11/h8-9H,3-7H2,1-2H3,(H2,14,15,16,17). The fourth-order valence-electron chi connectivity index (χ4n) is 1.67. The van der Waals surface area contributed by atoms with Gasteiger partial charge in [0.25, 0.3) is 5.56 Å². The zero-order chi connectivity index (χ0) is 12.7. The molecule has 1 aromatic heterocycles. The minimum Gasteiger partial charge on any atom is -0.366 e. The maximum atomic E-state index is 11.3. The Labute approximate surface area is 107 Å². The van der Waals surface area contributed by atoms with Gasteiger partial charge in [-0.1, -0.05) is 44.2 Å². The van der Waals surface area contributed by atoms with Crippen molar-refractivity contribution in [3.05, 3.63) is 21.7 Å². The second-order valence-corrected chi connectivity index (χ2v) is 4.67. The van der Waals surface area contributed by atoms with Gasteiger partial charge in [0.05, 0.1) is 6.33 Å². The van der Waals surface area contributed by atoms with Gasteiger partial charge in [-0.15, -0.1) is 0 Å². The Kier molecular flexibility index (Phi) is 6.05. The molecule has 0 aliphatic rings. The molecule has 1 heterocycles. The number of halogens is 1. The molecule has 0 spiro atoms. The van der Waals surface area contributed by atoms with Gasteiger partial charge in [0.1, 0.15) is 5.02 Å². The van der Waals surface area contributed by atoms with Crippen molar-refractivity contribution in [2.45, 2.75) is 52.0 Å².